The highest BCUT2D eigenvalue weighted by atomic mass is 16.5. The molecule has 0 spiro atoms. The first-order valence-corrected chi connectivity index (χ1v) is 6.81. The quantitative estimate of drug-likeness (QED) is 0.821. The number of rotatable bonds is 6. The predicted molar refractivity (Wildman–Crippen MR) is 70.0 cm³/mol. The van der Waals surface area contributed by atoms with Crippen molar-refractivity contribution < 1.29 is 4.74 Å². The van der Waals surface area contributed by atoms with E-state index in [2.05, 4.69) is 42.1 Å². The second-order valence-electron chi connectivity index (χ2n) is 4.78. The molecule has 2 atom stereocenters. The van der Waals surface area contributed by atoms with E-state index in [-0.39, 0.29) is 0 Å². The number of hydrogen-bond acceptors (Lipinski definition) is 2. The van der Waals surface area contributed by atoms with Gasteiger partial charge < -0.3 is 14.6 Å². The van der Waals surface area contributed by atoms with Gasteiger partial charge in [-0.15, -0.1) is 0 Å². The molecular formula is C14H24N2O. The molecule has 0 aromatic carbocycles. The molecule has 2 heterocycles. The summed E-state index contributed by atoms with van der Waals surface area (Å²) in [5.74, 6) is 0.699. The smallest absolute Gasteiger partial charge is 0.0613 e. The fraction of sp³-hybridized carbons (Fsp3) is 0.714. The molecule has 3 heteroatoms. The molecule has 0 amide bonds. The monoisotopic (exact) mass is 236 g/mol. The van der Waals surface area contributed by atoms with Crippen LogP contribution in [0.2, 0.25) is 0 Å². The average Bonchev–Trinajstić information content (AvgIpc) is 2.97. The van der Waals surface area contributed by atoms with Crippen LogP contribution in [-0.4, -0.2) is 23.8 Å². The number of nitrogens with one attached hydrogen (secondary N) is 1. The first kappa shape index (κ1) is 12.7. The van der Waals surface area contributed by atoms with Crippen LogP contribution >= 0.6 is 0 Å². The molecule has 0 saturated carbocycles. The zero-order chi connectivity index (χ0) is 12.1. The second kappa shape index (κ2) is 6.22. The van der Waals surface area contributed by atoms with Gasteiger partial charge in [-0.25, -0.2) is 0 Å². The van der Waals surface area contributed by atoms with Gasteiger partial charge in [-0.3, -0.25) is 0 Å². The van der Waals surface area contributed by atoms with E-state index in [4.69, 9.17) is 4.74 Å². The lowest BCUT2D eigenvalue weighted by molar-refractivity contribution is 0.0872. The number of ether oxygens (including phenoxy) is 1. The summed E-state index contributed by atoms with van der Waals surface area (Å²) in [6.07, 6.45) is 4.96. The molecule has 1 saturated heterocycles. The molecule has 1 aliphatic heterocycles. The minimum atomic E-state index is 0.473. The van der Waals surface area contributed by atoms with Crippen molar-refractivity contribution in [1.29, 1.82) is 0 Å². The summed E-state index contributed by atoms with van der Waals surface area (Å²) < 4.78 is 7.99. The summed E-state index contributed by atoms with van der Waals surface area (Å²) in [4.78, 5) is 0. The van der Waals surface area contributed by atoms with E-state index in [9.17, 15) is 0 Å². The van der Waals surface area contributed by atoms with E-state index in [0.29, 0.717) is 12.0 Å². The Labute approximate surface area is 104 Å². The minimum absolute atomic E-state index is 0.473. The highest BCUT2D eigenvalue weighted by Crippen LogP contribution is 2.22. The molecule has 17 heavy (non-hydrogen) atoms. The SMILES string of the molecule is CCC1OCCC1CNCc1cccn1CC. The van der Waals surface area contributed by atoms with Gasteiger partial charge in [0, 0.05) is 38.1 Å². The Balaban J connectivity index is 1.76. The largest absolute Gasteiger partial charge is 0.378 e. The van der Waals surface area contributed by atoms with Crippen molar-refractivity contribution in [2.45, 2.75) is 45.9 Å². The van der Waals surface area contributed by atoms with Crippen LogP contribution in [0.4, 0.5) is 0 Å². The molecule has 0 radical (unpaired) electrons. The summed E-state index contributed by atoms with van der Waals surface area (Å²) in [5.41, 5.74) is 1.37. The van der Waals surface area contributed by atoms with Crippen LogP contribution in [0.25, 0.3) is 0 Å². The lowest BCUT2D eigenvalue weighted by Crippen LogP contribution is -2.28. The Morgan fingerprint density at radius 2 is 2.35 bits per heavy atom. The van der Waals surface area contributed by atoms with Crippen molar-refractivity contribution in [2.24, 2.45) is 5.92 Å². The van der Waals surface area contributed by atoms with Crippen molar-refractivity contribution in [3.05, 3.63) is 24.0 Å². The normalized spacial score (nSPS) is 24.4. The molecule has 3 nitrogen and oxygen atoms in total. The van der Waals surface area contributed by atoms with Crippen molar-refractivity contribution in [3.63, 3.8) is 0 Å². The summed E-state index contributed by atoms with van der Waals surface area (Å²) in [6, 6.07) is 4.31. The molecule has 1 aromatic rings. The van der Waals surface area contributed by atoms with Crippen LogP contribution in [0.3, 0.4) is 0 Å². The minimum Gasteiger partial charge on any atom is -0.378 e. The van der Waals surface area contributed by atoms with E-state index in [0.717, 1.165) is 32.7 Å². The van der Waals surface area contributed by atoms with E-state index in [1.54, 1.807) is 0 Å². The van der Waals surface area contributed by atoms with E-state index in [1.165, 1.54) is 12.1 Å². The van der Waals surface area contributed by atoms with Crippen LogP contribution in [0.15, 0.2) is 18.3 Å². The van der Waals surface area contributed by atoms with Crippen molar-refractivity contribution >= 4 is 0 Å². The molecule has 2 unspecified atom stereocenters. The lowest BCUT2D eigenvalue weighted by Gasteiger charge is -2.17. The maximum Gasteiger partial charge on any atom is 0.0613 e. The van der Waals surface area contributed by atoms with Gasteiger partial charge in [0.15, 0.2) is 0 Å². The number of hydrogen-bond donors (Lipinski definition) is 1. The Morgan fingerprint density at radius 1 is 1.47 bits per heavy atom. The Kier molecular flexibility index (Phi) is 4.63. The van der Waals surface area contributed by atoms with Gasteiger partial charge in [0.2, 0.25) is 0 Å². The van der Waals surface area contributed by atoms with Crippen LogP contribution in [0.1, 0.15) is 32.4 Å². The van der Waals surface area contributed by atoms with E-state index in [1.807, 2.05) is 0 Å². The molecule has 2 rings (SSSR count). The third kappa shape index (κ3) is 3.11. The van der Waals surface area contributed by atoms with Gasteiger partial charge in [0.1, 0.15) is 0 Å². The Bertz CT molecular complexity index is 335. The summed E-state index contributed by atoms with van der Waals surface area (Å²) >= 11 is 0. The topological polar surface area (TPSA) is 26.2 Å². The average molecular weight is 236 g/mol. The number of nitrogens with zero attached hydrogens (tertiary/aromatic N) is 1. The summed E-state index contributed by atoms with van der Waals surface area (Å²) in [5, 5.41) is 3.57. The van der Waals surface area contributed by atoms with Crippen molar-refractivity contribution in [3.8, 4) is 0 Å². The number of aromatic nitrogens is 1. The second-order valence-corrected chi connectivity index (χ2v) is 4.78. The molecule has 0 aliphatic carbocycles. The highest BCUT2D eigenvalue weighted by Gasteiger charge is 2.25. The molecule has 96 valence electrons. The Morgan fingerprint density at radius 3 is 3.12 bits per heavy atom. The first-order chi connectivity index (χ1) is 8.35. The van der Waals surface area contributed by atoms with Gasteiger partial charge in [-0.05, 0) is 37.8 Å². The van der Waals surface area contributed by atoms with Gasteiger partial charge in [0.05, 0.1) is 6.10 Å². The van der Waals surface area contributed by atoms with Crippen LogP contribution in [0.5, 0.6) is 0 Å². The zero-order valence-corrected chi connectivity index (χ0v) is 11.0. The van der Waals surface area contributed by atoms with E-state index < -0.39 is 0 Å². The fourth-order valence-corrected chi connectivity index (χ4v) is 2.68. The van der Waals surface area contributed by atoms with E-state index >= 15 is 0 Å². The molecular weight excluding hydrogens is 212 g/mol. The molecule has 0 bridgehead atoms. The van der Waals surface area contributed by atoms with Crippen molar-refractivity contribution in [2.75, 3.05) is 13.2 Å². The molecule has 1 aliphatic rings. The Hall–Kier alpha value is -0.800. The van der Waals surface area contributed by atoms with Gasteiger partial charge in [0.25, 0.3) is 0 Å². The molecule has 1 fully saturated rings. The molecule has 1 N–H and O–H groups in total. The first-order valence-electron chi connectivity index (χ1n) is 6.81. The van der Waals surface area contributed by atoms with Crippen LogP contribution in [-0.2, 0) is 17.8 Å². The standard InChI is InChI=1S/C14H24N2O/c1-3-14-12(7-9-17-14)10-15-11-13-6-5-8-16(13)4-2/h5-6,8,12,14-15H,3-4,7,9-11H2,1-2H3. The zero-order valence-electron chi connectivity index (χ0n) is 11.0. The van der Waals surface area contributed by atoms with Gasteiger partial charge in [-0.1, -0.05) is 6.92 Å². The third-order valence-electron chi connectivity index (χ3n) is 3.73. The fourth-order valence-electron chi connectivity index (χ4n) is 2.68. The summed E-state index contributed by atoms with van der Waals surface area (Å²) in [7, 11) is 0. The van der Waals surface area contributed by atoms with Crippen molar-refractivity contribution in [1.82, 2.24) is 9.88 Å². The predicted octanol–water partition coefficient (Wildman–Crippen LogP) is 2.41. The maximum atomic E-state index is 5.70. The van der Waals surface area contributed by atoms with Crippen LogP contribution < -0.4 is 5.32 Å². The summed E-state index contributed by atoms with van der Waals surface area (Å²) in [6.45, 7) is 8.43. The molecule has 1 aromatic heterocycles. The highest BCUT2D eigenvalue weighted by molar-refractivity contribution is 5.06. The van der Waals surface area contributed by atoms with Gasteiger partial charge >= 0.3 is 0 Å². The maximum absolute atomic E-state index is 5.70. The number of aryl methyl sites for hydroxylation is 1. The van der Waals surface area contributed by atoms with Gasteiger partial charge in [-0.2, -0.15) is 0 Å². The van der Waals surface area contributed by atoms with Crippen LogP contribution in [0, 0.1) is 5.92 Å². The third-order valence-corrected chi connectivity index (χ3v) is 3.73. The lowest BCUT2D eigenvalue weighted by atomic mass is 10.00.